The normalized spacial score (nSPS) is 22.1. The Morgan fingerprint density at radius 2 is 1.21 bits per heavy atom. The summed E-state index contributed by atoms with van der Waals surface area (Å²) >= 11 is 0. The van der Waals surface area contributed by atoms with Gasteiger partial charge in [0.15, 0.2) is 0 Å². The molecule has 4 atom stereocenters. The number of alkyl carbamates (subject to hydrolysis) is 2. The summed E-state index contributed by atoms with van der Waals surface area (Å²) in [6.07, 6.45) is 15.5. The highest BCUT2D eigenvalue weighted by Gasteiger charge is 2.41. The fraction of sp³-hybridized carbons (Fsp3) is 0.500. The molecule has 0 spiro atoms. The number of allylic oxidation sites excluding steroid dienone is 4. The number of ether oxygens (including phenoxy) is 2. The van der Waals surface area contributed by atoms with Gasteiger partial charge in [0.25, 0.3) is 0 Å². The molecule has 7 rings (SSSR count). The van der Waals surface area contributed by atoms with Crippen LogP contribution in [0.1, 0.15) is 95.6 Å². The van der Waals surface area contributed by atoms with Crippen LogP contribution in [0.15, 0.2) is 77.4 Å². The van der Waals surface area contributed by atoms with Crippen LogP contribution in [0.25, 0.3) is 22.3 Å². The average molecular weight is 776 g/mol. The van der Waals surface area contributed by atoms with Crippen molar-refractivity contribution in [2.75, 3.05) is 27.3 Å². The predicted molar refractivity (Wildman–Crippen MR) is 222 cm³/mol. The maximum absolute atomic E-state index is 14.0. The van der Waals surface area contributed by atoms with Crippen molar-refractivity contribution in [3.63, 3.8) is 0 Å². The molecule has 3 fully saturated rings. The second-order valence-corrected chi connectivity index (χ2v) is 16.5. The monoisotopic (exact) mass is 775 g/mol. The molecule has 2 saturated heterocycles. The third kappa shape index (κ3) is 8.87. The number of carbonyl (C=O) groups is 4. The van der Waals surface area contributed by atoms with Crippen LogP contribution in [0.5, 0.6) is 0 Å². The lowest BCUT2D eigenvalue weighted by Gasteiger charge is -2.34. The van der Waals surface area contributed by atoms with Gasteiger partial charge in [-0.1, -0.05) is 93.8 Å². The summed E-state index contributed by atoms with van der Waals surface area (Å²) in [4.78, 5) is 60.6. The number of nitrogens with zero attached hydrogens (tertiary/aromatic N) is 3. The largest absolute Gasteiger partial charge is 0.453 e. The Morgan fingerprint density at radius 1 is 0.649 bits per heavy atom. The minimum atomic E-state index is -0.627. The van der Waals surface area contributed by atoms with Crippen LogP contribution < -0.4 is 10.6 Å². The van der Waals surface area contributed by atoms with Crippen molar-refractivity contribution in [2.45, 2.75) is 109 Å². The number of amides is 4. The van der Waals surface area contributed by atoms with Gasteiger partial charge >= 0.3 is 12.2 Å². The van der Waals surface area contributed by atoms with Crippen LogP contribution in [0.2, 0.25) is 0 Å². The second kappa shape index (κ2) is 17.9. The number of aliphatic imine (C=N–C) groups is 1. The van der Waals surface area contributed by atoms with E-state index in [2.05, 4.69) is 71.3 Å². The first kappa shape index (κ1) is 40.0. The first-order chi connectivity index (χ1) is 27.6. The molecule has 2 N–H and O–H groups in total. The fourth-order valence-electron chi connectivity index (χ4n) is 9.44. The maximum atomic E-state index is 14.0. The van der Waals surface area contributed by atoms with Crippen molar-refractivity contribution in [3.8, 4) is 11.1 Å². The molecule has 57 heavy (non-hydrogen) atoms. The number of carbonyl (C=O) groups excluding carboxylic acids is 4. The predicted octanol–water partition coefficient (Wildman–Crippen LogP) is 7.92. The van der Waals surface area contributed by atoms with Gasteiger partial charge in [-0.2, -0.15) is 0 Å². The van der Waals surface area contributed by atoms with Gasteiger partial charge in [0.05, 0.1) is 26.3 Å². The van der Waals surface area contributed by atoms with Gasteiger partial charge in [0, 0.05) is 31.4 Å². The van der Waals surface area contributed by atoms with Gasteiger partial charge in [0.2, 0.25) is 11.8 Å². The van der Waals surface area contributed by atoms with Crippen molar-refractivity contribution in [1.82, 2.24) is 20.4 Å². The summed E-state index contributed by atoms with van der Waals surface area (Å²) in [5.74, 6) is -0.00210. The van der Waals surface area contributed by atoms with Crippen LogP contribution in [0.3, 0.4) is 0 Å². The SMILES string of the molecule is COC(=O)N[C@H](C(=O)N1CCC[C@H]1C1=CC=C(c2ccc(-c3ccc(C4=CN=C([C@@H]5CCCN5C(=O)[C@@H](NC(=O)OC)C5CCCCC5)C4)cc3)cc2)C1)C(C)C. The lowest BCUT2D eigenvalue weighted by Crippen LogP contribution is -2.54. The number of rotatable bonds is 11. The lowest BCUT2D eigenvalue weighted by atomic mass is 9.83. The molecule has 5 aliphatic rings. The molecular formula is C46H57N5O6. The van der Waals surface area contributed by atoms with E-state index >= 15 is 0 Å². The summed E-state index contributed by atoms with van der Waals surface area (Å²) in [5.41, 5.74) is 9.16. The van der Waals surface area contributed by atoms with Gasteiger partial charge in [-0.25, -0.2) is 9.59 Å². The lowest BCUT2D eigenvalue weighted by molar-refractivity contribution is -0.135. The van der Waals surface area contributed by atoms with E-state index in [9.17, 15) is 19.2 Å². The van der Waals surface area contributed by atoms with Crippen molar-refractivity contribution < 1.29 is 28.7 Å². The van der Waals surface area contributed by atoms with Gasteiger partial charge in [-0.3, -0.25) is 14.6 Å². The molecule has 2 aromatic carbocycles. The molecule has 1 saturated carbocycles. The topological polar surface area (TPSA) is 130 Å². The molecule has 11 nitrogen and oxygen atoms in total. The van der Waals surface area contributed by atoms with E-state index < -0.39 is 24.3 Å². The number of nitrogens with one attached hydrogen (secondary N) is 2. The summed E-state index contributed by atoms with van der Waals surface area (Å²) in [6, 6.07) is 16.0. The van der Waals surface area contributed by atoms with Crippen molar-refractivity contribution >= 4 is 40.9 Å². The van der Waals surface area contributed by atoms with Crippen LogP contribution >= 0.6 is 0 Å². The zero-order valence-corrected chi connectivity index (χ0v) is 33.8. The number of hydrogen-bond acceptors (Lipinski definition) is 7. The highest BCUT2D eigenvalue weighted by atomic mass is 16.5. The van der Waals surface area contributed by atoms with Crippen LogP contribution in [-0.2, 0) is 19.1 Å². The summed E-state index contributed by atoms with van der Waals surface area (Å²) in [5, 5.41) is 5.63. The maximum Gasteiger partial charge on any atom is 0.407 e. The van der Waals surface area contributed by atoms with Crippen molar-refractivity contribution in [2.24, 2.45) is 16.8 Å². The van der Waals surface area contributed by atoms with E-state index in [0.29, 0.717) is 19.5 Å². The molecule has 0 radical (unpaired) electrons. The van der Waals surface area contributed by atoms with Crippen LogP contribution in [0, 0.1) is 11.8 Å². The smallest absolute Gasteiger partial charge is 0.407 e. The van der Waals surface area contributed by atoms with E-state index in [-0.39, 0.29) is 35.7 Å². The molecule has 2 aromatic rings. The van der Waals surface area contributed by atoms with Gasteiger partial charge < -0.3 is 29.9 Å². The first-order valence-electron chi connectivity index (χ1n) is 20.8. The quantitative estimate of drug-likeness (QED) is 0.239. The molecule has 0 aromatic heterocycles. The molecule has 3 aliphatic heterocycles. The van der Waals surface area contributed by atoms with E-state index in [1.54, 1.807) is 0 Å². The first-order valence-corrected chi connectivity index (χ1v) is 20.8. The Hall–Kier alpha value is -5.19. The zero-order chi connectivity index (χ0) is 40.1. The van der Waals surface area contributed by atoms with Crippen molar-refractivity contribution in [1.29, 1.82) is 0 Å². The van der Waals surface area contributed by atoms with E-state index in [0.717, 1.165) is 91.3 Å². The van der Waals surface area contributed by atoms with E-state index in [1.807, 2.05) is 29.8 Å². The molecule has 3 heterocycles. The number of methoxy groups -OCH3 is 2. The van der Waals surface area contributed by atoms with Gasteiger partial charge in [-0.05, 0) is 95.8 Å². The minimum absolute atomic E-state index is 0.0131. The molecular weight excluding hydrogens is 719 g/mol. The summed E-state index contributed by atoms with van der Waals surface area (Å²) in [7, 11) is 2.66. The Kier molecular flexibility index (Phi) is 12.6. The third-order valence-electron chi connectivity index (χ3n) is 12.6. The second-order valence-electron chi connectivity index (χ2n) is 16.5. The molecule has 0 unspecified atom stereocenters. The molecule has 4 amide bonds. The van der Waals surface area contributed by atoms with E-state index in [1.165, 1.54) is 31.8 Å². The average Bonchev–Trinajstić information content (AvgIpc) is 4.09. The Morgan fingerprint density at radius 3 is 1.82 bits per heavy atom. The van der Waals surface area contributed by atoms with Crippen molar-refractivity contribution in [3.05, 3.63) is 83.6 Å². The third-order valence-corrected chi connectivity index (χ3v) is 12.6. The van der Waals surface area contributed by atoms with Gasteiger partial charge in [-0.15, -0.1) is 0 Å². The number of benzene rings is 2. The summed E-state index contributed by atoms with van der Waals surface area (Å²) < 4.78 is 9.69. The Labute approximate surface area is 336 Å². The minimum Gasteiger partial charge on any atom is -0.453 e. The summed E-state index contributed by atoms with van der Waals surface area (Å²) in [6.45, 7) is 5.22. The highest BCUT2D eigenvalue weighted by molar-refractivity contribution is 6.04. The van der Waals surface area contributed by atoms with E-state index in [4.69, 9.17) is 14.5 Å². The zero-order valence-electron chi connectivity index (χ0n) is 33.8. The Bertz CT molecular complexity index is 1940. The van der Waals surface area contributed by atoms with Crippen LogP contribution in [-0.4, -0.2) is 91.0 Å². The standard InChI is InChI=1S/C46H57N5O6/c1-29(2)41(48-45(54)56-3)43(52)50-24-8-12-39(50)36-23-22-35(26-36)32-18-14-30(15-19-32)31-16-20-33(21-17-31)37-27-38(47-28-37)40-13-9-25-51(40)44(53)42(49-46(55)57-4)34-10-6-5-7-11-34/h14-23,28-29,34,39-42H,5-13,24-27H2,1-4H3,(H,48,54)(H,49,55)/t39-,40-,41-,42-/m0/s1. The number of likely N-dealkylation sites (tertiary alicyclic amines) is 2. The molecule has 2 aliphatic carbocycles. The number of hydrogen-bond donors (Lipinski definition) is 2. The Balaban J connectivity index is 0.940. The fourth-order valence-corrected chi connectivity index (χ4v) is 9.44. The molecule has 302 valence electrons. The molecule has 0 bridgehead atoms. The molecule has 11 heteroatoms. The van der Waals surface area contributed by atoms with Crippen LogP contribution in [0.4, 0.5) is 9.59 Å². The highest BCUT2D eigenvalue weighted by Crippen LogP contribution is 2.37. The van der Waals surface area contributed by atoms with Gasteiger partial charge in [0.1, 0.15) is 12.1 Å².